The lowest BCUT2D eigenvalue weighted by Gasteiger charge is -2.33. The maximum atomic E-state index is 12.8. The van der Waals surface area contributed by atoms with E-state index in [9.17, 15) is 9.59 Å². The van der Waals surface area contributed by atoms with Crippen LogP contribution in [0, 0.1) is 0 Å². The first-order valence-electron chi connectivity index (χ1n) is 9.05. The highest BCUT2D eigenvalue weighted by molar-refractivity contribution is 5.82. The molecule has 1 aliphatic heterocycles. The molecule has 0 aromatic carbocycles. The Hall–Kier alpha value is -2.11. The van der Waals surface area contributed by atoms with Crippen molar-refractivity contribution in [3.8, 4) is 0 Å². The second-order valence-corrected chi connectivity index (χ2v) is 7.52. The van der Waals surface area contributed by atoms with E-state index in [1.54, 1.807) is 12.4 Å². The van der Waals surface area contributed by atoms with Gasteiger partial charge in [-0.2, -0.15) is 0 Å². The summed E-state index contributed by atoms with van der Waals surface area (Å²) in [5.41, 5.74) is 0.859. The van der Waals surface area contributed by atoms with Crippen molar-refractivity contribution in [2.45, 2.75) is 65.1 Å². The lowest BCUT2D eigenvalue weighted by Crippen LogP contribution is -2.48. The van der Waals surface area contributed by atoms with Gasteiger partial charge in [0, 0.05) is 37.4 Å². The van der Waals surface area contributed by atoms with E-state index in [-0.39, 0.29) is 29.6 Å². The molecule has 25 heavy (non-hydrogen) atoms. The van der Waals surface area contributed by atoms with Gasteiger partial charge in [0.25, 0.3) is 0 Å². The van der Waals surface area contributed by atoms with Gasteiger partial charge in [-0.05, 0) is 51.8 Å². The summed E-state index contributed by atoms with van der Waals surface area (Å²) < 4.78 is 0. The Bertz CT molecular complexity index is 597. The third-order valence-electron chi connectivity index (χ3n) is 4.72. The molecule has 0 unspecified atom stereocenters. The van der Waals surface area contributed by atoms with Crippen molar-refractivity contribution in [3.63, 3.8) is 0 Å². The van der Waals surface area contributed by atoms with Crippen LogP contribution in [0.5, 0.6) is 0 Å². The third kappa shape index (κ3) is 4.50. The van der Waals surface area contributed by atoms with E-state index < -0.39 is 0 Å². The van der Waals surface area contributed by atoms with E-state index in [1.165, 1.54) is 0 Å². The van der Waals surface area contributed by atoms with Crippen LogP contribution in [0.4, 0.5) is 4.79 Å². The van der Waals surface area contributed by atoms with E-state index >= 15 is 0 Å². The lowest BCUT2D eigenvalue weighted by atomic mass is 10.0. The van der Waals surface area contributed by atoms with Crippen molar-refractivity contribution >= 4 is 11.9 Å². The molecule has 1 saturated heterocycles. The number of pyridine rings is 1. The Labute approximate surface area is 150 Å². The zero-order chi connectivity index (χ0) is 18.6. The highest BCUT2D eigenvalue weighted by atomic mass is 16.2. The van der Waals surface area contributed by atoms with Gasteiger partial charge in [-0.3, -0.25) is 9.78 Å². The number of rotatable bonds is 5. The zero-order valence-corrected chi connectivity index (χ0v) is 16.0. The zero-order valence-electron chi connectivity index (χ0n) is 16.0. The quantitative estimate of drug-likeness (QED) is 0.891. The van der Waals surface area contributed by atoms with Crippen LogP contribution in [0.15, 0.2) is 24.5 Å². The normalized spacial score (nSPS) is 19.0. The van der Waals surface area contributed by atoms with Crippen LogP contribution >= 0.6 is 0 Å². The molecule has 1 aliphatic rings. The van der Waals surface area contributed by atoms with Crippen molar-refractivity contribution in [2.24, 2.45) is 0 Å². The molecule has 1 aromatic rings. The molecule has 2 atom stereocenters. The summed E-state index contributed by atoms with van der Waals surface area (Å²) in [6.45, 7) is 11.3. The molecular weight excluding hydrogens is 316 g/mol. The van der Waals surface area contributed by atoms with Crippen LogP contribution in [-0.4, -0.2) is 51.4 Å². The molecule has 6 nitrogen and oxygen atoms in total. The average Bonchev–Trinajstić information content (AvgIpc) is 2.93. The summed E-state index contributed by atoms with van der Waals surface area (Å²) in [5.74, 6) is 0.0991. The first kappa shape index (κ1) is 19.2. The SMILES string of the molecule is CC[C@@H](c1ccncc1)N(CC)C(=O)N[C@@H]1CC(=O)N(C(C)(C)C)C1. The predicted octanol–water partition coefficient (Wildman–Crippen LogP) is 2.96. The second kappa shape index (κ2) is 7.85. The molecule has 0 saturated carbocycles. The van der Waals surface area contributed by atoms with Crippen LogP contribution in [-0.2, 0) is 4.79 Å². The fourth-order valence-electron chi connectivity index (χ4n) is 3.44. The number of hydrogen-bond donors (Lipinski definition) is 1. The molecule has 0 aliphatic carbocycles. The predicted molar refractivity (Wildman–Crippen MR) is 98.1 cm³/mol. The van der Waals surface area contributed by atoms with Gasteiger partial charge in [-0.1, -0.05) is 6.92 Å². The van der Waals surface area contributed by atoms with Gasteiger partial charge in [0.15, 0.2) is 0 Å². The molecule has 0 radical (unpaired) electrons. The van der Waals surface area contributed by atoms with Crippen LogP contribution in [0.2, 0.25) is 0 Å². The Morgan fingerprint density at radius 3 is 2.48 bits per heavy atom. The Morgan fingerprint density at radius 2 is 2.00 bits per heavy atom. The summed E-state index contributed by atoms with van der Waals surface area (Å²) >= 11 is 0. The van der Waals surface area contributed by atoms with E-state index in [2.05, 4.69) is 17.2 Å². The molecule has 3 amide bonds. The third-order valence-corrected chi connectivity index (χ3v) is 4.72. The minimum Gasteiger partial charge on any atom is -0.336 e. The average molecular weight is 346 g/mol. The van der Waals surface area contributed by atoms with Crippen molar-refractivity contribution < 1.29 is 9.59 Å². The second-order valence-electron chi connectivity index (χ2n) is 7.52. The fourth-order valence-corrected chi connectivity index (χ4v) is 3.44. The molecule has 0 spiro atoms. The van der Waals surface area contributed by atoms with Gasteiger partial charge in [0.2, 0.25) is 5.91 Å². The summed E-state index contributed by atoms with van der Waals surface area (Å²) in [5, 5.41) is 3.06. The number of hydrogen-bond acceptors (Lipinski definition) is 3. The van der Waals surface area contributed by atoms with Gasteiger partial charge in [0.05, 0.1) is 12.1 Å². The Morgan fingerprint density at radius 1 is 1.36 bits per heavy atom. The van der Waals surface area contributed by atoms with E-state index in [1.807, 2.05) is 49.6 Å². The summed E-state index contributed by atoms with van der Waals surface area (Å²) in [6, 6.07) is 3.65. The monoisotopic (exact) mass is 346 g/mol. The van der Waals surface area contributed by atoms with Crippen molar-refractivity contribution in [3.05, 3.63) is 30.1 Å². The maximum Gasteiger partial charge on any atom is 0.318 e. The molecular formula is C19H30N4O2. The van der Waals surface area contributed by atoms with Crippen LogP contribution < -0.4 is 5.32 Å². The van der Waals surface area contributed by atoms with Crippen molar-refractivity contribution in [1.29, 1.82) is 0 Å². The Balaban J connectivity index is 2.07. The van der Waals surface area contributed by atoms with Gasteiger partial charge >= 0.3 is 6.03 Å². The summed E-state index contributed by atoms with van der Waals surface area (Å²) in [6.07, 6.45) is 4.69. The number of carbonyl (C=O) groups excluding carboxylic acids is 2. The molecule has 1 fully saturated rings. The molecule has 2 rings (SSSR count). The molecule has 6 heteroatoms. The van der Waals surface area contributed by atoms with Crippen LogP contribution in [0.3, 0.4) is 0 Å². The largest absolute Gasteiger partial charge is 0.336 e. The molecule has 138 valence electrons. The van der Waals surface area contributed by atoms with E-state index in [0.717, 1.165) is 12.0 Å². The molecule has 1 aromatic heterocycles. The minimum atomic E-state index is -0.218. The first-order valence-corrected chi connectivity index (χ1v) is 9.05. The molecule has 0 bridgehead atoms. The minimum absolute atomic E-state index is 0.00354. The topological polar surface area (TPSA) is 65.5 Å². The number of likely N-dealkylation sites (tertiary alicyclic amines) is 1. The fraction of sp³-hybridized carbons (Fsp3) is 0.632. The number of carbonyl (C=O) groups is 2. The smallest absolute Gasteiger partial charge is 0.318 e. The highest BCUT2D eigenvalue weighted by Crippen LogP contribution is 2.25. The standard InChI is InChI=1S/C19H30N4O2/c1-6-16(14-8-10-20-11-9-14)22(7-2)18(25)21-15-12-17(24)23(13-15)19(3,4)5/h8-11,15-16H,6-7,12-13H2,1-5H3,(H,21,25)/t15-,16+/m1/s1. The Kier molecular flexibility index (Phi) is 6.03. The number of amides is 3. The van der Waals surface area contributed by atoms with Gasteiger partial charge < -0.3 is 15.1 Å². The number of nitrogens with one attached hydrogen (secondary N) is 1. The number of urea groups is 1. The maximum absolute atomic E-state index is 12.8. The van der Waals surface area contributed by atoms with Gasteiger partial charge in [0.1, 0.15) is 0 Å². The lowest BCUT2D eigenvalue weighted by molar-refractivity contribution is -0.131. The van der Waals surface area contributed by atoms with Crippen molar-refractivity contribution in [2.75, 3.05) is 13.1 Å². The first-order chi connectivity index (χ1) is 11.8. The molecule has 2 heterocycles. The summed E-state index contributed by atoms with van der Waals surface area (Å²) in [7, 11) is 0. The van der Waals surface area contributed by atoms with E-state index in [0.29, 0.717) is 19.5 Å². The summed E-state index contributed by atoms with van der Waals surface area (Å²) in [4.78, 5) is 32.8. The van der Waals surface area contributed by atoms with Gasteiger partial charge in [-0.25, -0.2) is 4.79 Å². The highest BCUT2D eigenvalue weighted by Gasteiger charge is 2.37. The molecule has 1 N–H and O–H groups in total. The number of nitrogens with zero attached hydrogens (tertiary/aromatic N) is 3. The van der Waals surface area contributed by atoms with Crippen LogP contribution in [0.25, 0.3) is 0 Å². The number of aromatic nitrogens is 1. The van der Waals surface area contributed by atoms with Crippen LogP contribution in [0.1, 0.15) is 59.1 Å². The van der Waals surface area contributed by atoms with Crippen molar-refractivity contribution in [1.82, 2.24) is 20.1 Å². The van der Waals surface area contributed by atoms with E-state index in [4.69, 9.17) is 0 Å². The van der Waals surface area contributed by atoms with Gasteiger partial charge in [-0.15, -0.1) is 0 Å².